The fraction of sp³-hybridized carbons (Fsp3) is 0.364. The summed E-state index contributed by atoms with van der Waals surface area (Å²) in [6.07, 6.45) is -0.0261. The molecule has 0 saturated carbocycles. The van der Waals surface area contributed by atoms with E-state index in [-0.39, 0.29) is 17.9 Å². The summed E-state index contributed by atoms with van der Waals surface area (Å²) in [4.78, 5) is 28.2. The third-order valence-corrected chi connectivity index (χ3v) is 5.36. The fourth-order valence-corrected chi connectivity index (χ4v) is 3.66. The average molecular weight is 398 g/mol. The van der Waals surface area contributed by atoms with Gasteiger partial charge >= 0.3 is 6.03 Å². The van der Waals surface area contributed by atoms with E-state index in [1.54, 1.807) is 23.1 Å². The van der Waals surface area contributed by atoms with Gasteiger partial charge in [0.1, 0.15) is 5.82 Å². The zero-order chi connectivity index (χ0) is 20.8. The molecule has 2 aromatic carbocycles. The van der Waals surface area contributed by atoms with Gasteiger partial charge in [-0.15, -0.1) is 0 Å². The highest BCUT2D eigenvalue weighted by atomic mass is 19.1. The number of nitrogens with one attached hydrogen (secondary N) is 1. The van der Waals surface area contributed by atoms with Crippen LogP contribution in [0, 0.1) is 12.7 Å². The lowest BCUT2D eigenvalue weighted by atomic mass is 10.0. The van der Waals surface area contributed by atoms with Gasteiger partial charge in [0, 0.05) is 38.3 Å². The molecular weight excluding hydrogens is 371 g/mol. The molecular formula is C22H27FN4O2. The van der Waals surface area contributed by atoms with Gasteiger partial charge in [-0.25, -0.2) is 9.18 Å². The van der Waals surface area contributed by atoms with E-state index >= 15 is 0 Å². The Morgan fingerprint density at radius 3 is 2.38 bits per heavy atom. The number of halogens is 1. The molecule has 1 fully saturated rings. The van der Waals surface area contributed by atoms with E-state index in [1.165, 1.54) is 17.2 Å². The maximum atomic E-state index is 14.1. The lowest BCUT2D eigenvalue weighted by molar-refractivity contribution is -0.133. The Labute approximate surface area is 170 Å². The molecule has 6 nitrogen and oxygen atoms in total. The molecule has 1 aliphatic rings. The summed E-state index contributed by atoms with van der Waals surface area (Å²) >= 11 is 0. The molecule has 3 amide bonds. The molecule has 0 unspecified atom stereocenters. The normalized spacial score (nSPS) is 15.7. The second-order valence-corrected chi connectivity index (χ2v) is 7.37. The zero-order valence-electron chi connectivity index (χ0n) is 16.6. The lowest BCUT2D eigenvalue weighted by Gasteiger charge is -2.35. The van der Waals surface area contributed by atoms with Crippen molar-refractivity contribution >= 4 is 11.9 Å². The topological polar surface area (TPSA) is 78.7 Å². The highest BCUT2D eigenvalue weighted by Gasteiger charge is 2.26. The Hall–Kier alpha value is -2.93. The molecule has 1 saturated heterocycles. The molecule has 0 aromatic heterocycles. The van der Waals surface area contributed by atoms with Crippen LogP contribution in [0.4, 0.5) is 9.18 Å². The smallest absolute Gasteiger partial charge is 0.312 e. The highest BCUT2D eigenvalue weighted by molar-refractivity contribution is 5.79. The predicted octanol–water partition coefficient (Wildman–Crippen LogP) is 2.58. The molecule has 154 valence electrons. The quantitative estimate of drug-likeness (QED) is 0.785. The molecule has 1 atom stereocenters. The summed E-state index contributed by atoms with van der Waals surface area (Å²) in [7, 11) is 0. The van der Waals surface area contributed by atoms with Crippen LogP contribution in [-0.2, 0) is 11.3 Å². The molecule has 1 aliphatic heterocycles. The maximum absolute atomic E-state index is 14.1. The molecule has 0 spiro atoms. The van der Waals surface area contributed by atoms with Crippen LogP contribution < -0.4 is 11.1 Å². The van der Waals surface area contributed by atoms with Crippen molar-refractivity contribution < 1.29 is 14.0 Å². The van der Waals surface area contributed by atoms with E-state index < -0.39 is 17.9 Å². The van der Waals surface area contributed by atoms with Crippen LogP contribution in [0.15, 0.2) is 48.5 Å². The zero-order valence-corrected chi connectivity index (χ0v) is 16.6. The predicted molar refractivity (Wildman–Crippen MR) is 110 cm³/mol. The summed E-state index contributed by atoms with van der Waals surface area (Å²) in [5.74, 6) is -0.593. The summed E-state index contributed by atoms with van der Waals surface area (Å²) in [6, 6.07) is 12.8. The number of hydrogen-bond donors (Lipinski definition) is 2. The van der Waals surface area contributed by atoms with Crippen LogP contribution in [-0.4, -0.2) is 47.9 Å². The van der Waals surface area contributed by atoms with E-state index in [1.807, 2.05) is 12.1 Å². The number of benzene rings is 2. The van der Waals surface area contributed by atoms with Gasteiger partial charge in [0.15, 0.2) is 0 Å². The average Bonchev–Trinajstić information content (AvgIpc) is 2.70. The van der Waals surface area contributed by atoms with Crippen molar-refractivity contribution in [3.63, 3.8) is 0 Å². The largest absolute Gasteiger partial charge is 0.352 e. The van der Waals surface area contributed by atoms with Gasteiger partial charge in [-0.1, -0.05) is 42.5 Å². The van der Waals surface area contributed by atoms with Crippen LogP contribution in [0.3, 0.4) is 0 Å². The van der Waals surface area contributed by atoms with E-state index in [2.05, 4.69) is 29.3 Å². The van der Waals surface area contributed by atoms with Crippen molar-refractivity contribution in [3.8, 4) is 0 Å². The van der Waals surface area contributed by atoms with Gasteiger partial charge < -0.3 is 16.0 Å². The number of nitrogens with two attached hydrogens (primary N) is 1. The molecule has 7 heteroatoms. The first kappa shape index (κ1) is 20.8. The standard InChI is InChI=1S/C22H27FN4O2/c1-16-6-2-3-7-17(16)15-26-10-12-27(13-11-26)21(28)14-20(25-22(24)29)18-8-4-5-9-19(18)23/h2-9,20H,10-15H2,1H3,(H3,24,25,29)/t20-/m1/s1. The monoisotopic (exact) mass is 398 g/mol. The van der Waals surface area contributed by atoms with Crippen LogP contribution >= 0.6 is 0 Å². The Balaban J connectivity index is 1.58. The van der Waals surface area contributed by atoms with Crippen LogP contribution in [0.5, 0.6) is 0 Å². The molecule has 0 aliphatic carbocycles. The minimum absolute atomic E-state index is 0.0261. The first-order valence-electron chi connectivity index (χ1n) is 9.79. The van der Waals surface area contributed by atoms with Crippen LogP contribution in [0.1, 0.15) is 29.2 Å². The highest BCUT2D eigenvalue weighted by Crippen LogP contribution is 2.22. The Morgan fingerprint density at radius 2 is 1.72 bits per heavy atom. The SMILES string of the molecule is Cc1ccccc1CN1CCN(C(=O)C[C@@H](NC(N)=O)c2ccccc2F)CC1. The number of piperazine rings is 1. The molecule has 3 rings (SSSR count). The van der Waals surface area contributed by atoms with Gasteiger partial charge in [0.2, 0.25) is 5.91 Å². The minimum Gasteiger partial charge on any atom is -0.352 e. The third-order valence-electron chi connectivity index (χ3n) is 5.36. The second-order valence-electron chi connectivity index (χ2n) is 7.37. The number of primary amides is 1. The molecule has 2 aromatic rings. The van der Waals surface area contributed by atoms with Crippen LogP contribution in [0.25, 0.3) is 0 Å². The van der Waals surface area contributed by atoms with E-state index in [0.29, 0.717) is 13.1 Å². The van der Waals surface area contributed by atoms with Gasteiger partial charge in [-0.2, -0.15) is 0 Å². The van der Waals surface area contributed by atoms with E-state index in [0.717, 1.165) is 19.6 Å². The number of nitrogens with zero attached hydrogens (tertiary/aromatic N) is 2. The Kier molecular flexibility index (Phi) is 6.82. The maximum Gasteiger partial charge on any atom is 0.312 e. The summed E-state index contributed by atoms with van der Waals surface area (Å²) in [5, 5.41) is 2.50. The van der Waals surface area contributed by atoms with Crippen molar-refractivity contribution in [2.45, 2.75) is 25.9 Å². The van der Waals surface area contributed by atoms with E-state index in [4.69, 9.17) is 5.73 Å². The number of carbonyl (C=O) groups is 2. The number of hydrogen-bond acceptors (Lipinski definition) is 3. The lowest BCUT2D eigenvalue weighted by Crippen LogP contribution is -2.49. The first-order chi connectivity index (χ1) is 13.9. The minimum atomic E-state index is -0.786. The fourth-order valence-electron chi connectivity index (χ4n) is 3.66. The first-order valence-corrected chi connectivity index (χ1v) is 9.79. The van der Waals surface area contributed by atoms with Gasteiger partial charge in [-0.05, 0) is 24.1 Å². The van der Waals surface area contributed by atoms with Crippen molar-refractivity contribution in [3.05, 3.63) is 71.0 Å². The molecule has 0 bridgehead atoms. The van der Waals surface area contributed by atoms with Crippen molar-refractivity contribution in [2.24, 2.45) is 5.73 Å². The molecule has 0 radical (unpaired) electrons. The molecule has 1 heterocycles. The summed E-state index contributed by atoms with van der Waals surface area (Å²) < 4.78 is 14.1. The Morgan fingerprint density at radius 1 is 1.07 bits per heavy atom. The van der Waals surface area contributed by atoms with Gasteiger partial charge in [-0.3, -0.25) is 9.69 Å². The van der Waals surface area contributed by atoms with E-state index in [9.17, 15) is 14.0 Å². The third kappa shape index (κ3) is 5.54. The summed E-state index contributed by atoms with van der Waals surface area (Å²) in [5.41, 5.74) is 8.05. The number of aryl methyl sites for hydroxylation is 1. The van der Waals surface area contributed by atoms with Crippen molar-refractivity contribution in [2.75, 3.05) is 26.2 Å². The number of urea groups is 1. The number of carbonyl (C=O) groups excluding carboxylic acids is 2. The van der Waals surface area contributed by atoms with Crippen LogP contribution in [0.2, 0.25) is 0 Å². The van der Waals surface area contributed by atoms with Crippen molar-refractivity contribution in [1.29, 1.82) is 0 Å². The molecule has 3 N–H and O–H groups in total. The van der Waals surface area contributed by atoms with Gasteiger partial charge in [0.25, 0.3) is 0 Å². The van der Waals surface area contributed by atoms with Gasteiger partial charge in [0.05, 0.1) is 12.5 Å². The van der Waals surface area contributed by atoms with Crippen molar-refractivity contribution in [1.82, 2.24) is 15.1 Å². The Bertz CT molecular complexity index is 865. The summed E-state index contributed by atoms with van der Waals surface area (Å²) in [6.45, 7) is 5.71. The number of amides is 3. The second kappa shape index (κ2) is 9.52. The number of rotatable bonds is 6. The molecule has 29 heavy (non-hydrogen) atoms.